The molecule has 2 aromatic carbocycles. The van der Waals surface area contributed by atoms with Crippen molar-refractivity contribution in [1.82, 2.24) is 10.6 Å². The Hall–Kier alpha value is -2.73. The number of nitrogens with zero attached hydrogens (tertiary/aromatic N) is 2. The highest BCUT2D eigenvalue weighted by Gasteiger charge is 2.24. The van der Waals surface area contributed by atoms with E-state index in [1.165, 1.54) is 5.69 Å². The molecule has 6 heteroatoms. The smallest absolute Gasteiger partial charge is 0.191 e. The fraction of sp³-hybridized carbons (Fsp3) is 0.458. The normalized spacial score (nSPS) is 18.7. The highest BCUT2D eigenvalue weighted by Crippen LogP contribution is 2.26. The number of anilines is 1. The van der Waals surface area contributed by atoms with Crippen LogP contribution in [0.1, 0.15) is 25.8 Å². The van der Waals surface area contributed by atoms with E-state index in [1.807, 2.05) is 49.4 Å². The van der Waals surface area contributed by atoms with Crippen molar-refractivity contribution >= 4 is 11.6 Å². The van der Waals surface area contributed by atoms with Crippen molar-refractivity contribution in [3.8, 4) is 5.75 Å². The number of aliphatic hydroxyl groups is 1. The molecule has 30 heavy (non-hydrogen) atoms. The molecule has 1 saturated heterocycles. The number of benzene rings is 2. The maximum absolute atomic E-state index is 10.8. The van der Waals surface area contributed by atoms with E-state index in [2.05, 4.69) is 32.7 Å². The Bertz CT molecular complexity index is 823. The maximum atomic E-state index is 10.8. The molecule has 0 bridgehead atoms. The second kappa shape index (κ2) is 10.3. The van der Waals surface area contributed by atoms with E-state index in [9.17, 15) is 5.11 Å². The van der Waals surface area contributed by atoms with Gasteiger partial charge >= 0.3 is 0 Å². The largest absolute Gasteiger partial charge is 0.497 e. The number of hydrogen-bond acceptors (Lipinski definition) is 4. The van der Waals surface area contributed by atoms with Gasteiger partial charge in [-0.15, -0.1) is 0 Å². The Morgan fingerprint density at radius 3 is 2.73 bits per heavy atom. The molecule has 2 unspecified atom stereocenters. The minimum Gasteiger partial charge on any atom is -0.497 e. The van der Waals surface area contributed by atoms with E-state index < -0.39 is 5.60 Å². The second-order valence-corrected chi connectivity index (χ2v) is 8.02. The van der Waals surface area contributed by atoms with Crippen molar-refractivity contribution in [2.45, 2.75) is 25.9 Å². The van der Waals surface area contributed by atoms with Crippen LogP contribution in [0.3, 0.4) is 0 Å². The zero-order valence-corrected chi connectivity index (χ0v) is 18.3. The second-order valence-electron chi connectivity index (χ2n) is 8.02. The molecule has 0 radical (unpaired) electrons. The molecule has 0 saturated carbocycles. The molecule has 0 aliphatic carbocycles. The summed E-state index contributed by atoms with van der Waals surface area (Å²) in [6, 6.07) is 17.9. The van der Waals surface area contributed by atoms with E-state index in [-0.39, 0.29) is 0 Å². The van der Waals surface area contributed by atoms with Gasteiger partial charge in [0, 0.05) is 37.9 Å². The Morgan fingerprint density at radius 2 is 2.00 bits per heavy atom. The number of hydrogen-bond donors (Lipinski definition) is 3. The van der Waals surface area contributed by atoms with Crippen LogP contribution < -0.4 is 20.3 Å². The third-order valence-electron chi connectivity index (χ3n) is 5.55. The third kappa shape index (κ3) is 5.89. The maximum Gasteiger partial charge on any atom is 0.191 e. The van der Waals surface area contributed by atoms with Crippen LogP contribution in [-0.2, 0) is 5.60 Å². The molecule has 6 nitrogen and oxygen atoms in total. The van der Waals surface area contributed by atoms with E-state index in [0.717, 1.165) is 49.9 Å². The van der Waals surface area contributed by atoms with Gasteiger partial charge in [-0.25, -0.2) is 4.99 Å². The van der Waals surface area contributed by atoms with Gasteiger partial charge < -0.3 is 25.4 Å². The summed E-state index contributed by atoms with van der Waals surface area (Å²) in [5.74, 6) is 2.17. The van der Waals surface area contributed by atoms with Gasteiger partial charge in [-0.05, 0) is 43.9 Å². The van der Waals surface area contributed by atoms with Crippen LogP contribution in [0.2, 0.25) is 0 Å². The van der Waals surface area contributed by atoms with Gasteiger partial charge in [0.15, 0.2) is 5.96 Å². The summed E-state index contributed by atoms with van der Waals surface area (Å²) in [7, 11) is 1.70. The average molecular weight is 411 g/mol. The lowest BCUT2D eigenvalue weighted by atomic mass is 9.96. The molecule has 3 N–H and O–H groups in total. The predicted molar refractivity (Wildman–Crippen MR) is 123 cm³/mol. The Morgan fingerprint density at radius 1 is 1.20 bits per heavy atom. The highest BCUT2D eigenvalue weighted by molar-refractivity contribution is 5.79. The number of ether oxygens (including phenoxy) is 1. The summed E-state index contributed by atoms with van der Waals surface area (Å²) in [5, 5.41) is 17.6. The molecule has 3 rings (SSSR count). The van der Waals surface area contributed by atoms with Crippen LogP contribution in [0.5, 0.6) is 5.75 Å². The molecule has 2 aromatic rings. The highest BCUT2D eigenvalue weighted by atomic mass is 16.5. The van der Waals surface area contributed by atoms with Crippen LogP contribution in [0.25, 0.3) is 0 Å². The van der Waals surface area contributed by atoms with E-state index >= 15 is 0 Å². The first-order valence-electron chi connectivity index (χ1n) is 10.7. The first-order chi connectivity index (χ1) is 14.5. The number of nitrogens with one attached hydrogen (secondary N) is 2. The zero-order valence-electron chi connectivity index (χ0n) is 18.3. The van der Waals surface area contributed by atoms with Crippen molar-refractivity contribution in [1.29, 1.82) is 0 Å². The molecule has 0 aromatic heterocycles. The van der Waals surface area contributed by atoms with Crippen molar-refractivity contribution in [3.63, 3.8) is 0 Å². The Labute approximate surface area is 180 Å². The summed E-state index contributed by atoms with van der Waals surface area (Å²) < 4.78 is 5.35. The van der Waals surface area contributed by atoms with Crippen LogP contribution in [0.4, 0.5) is 5.69 Å². The van der Waals surface area contributed by atoms with Gasteiger partial charge in [0.1, 0.15) is 11.4 Å². The zero-order chi connectivity index (χ0) is 21.4. The van der Waals surface area contributed by atoms with Gasteiger partial charge in [-0.2, -0.15) is 0 Å². The average Bonchev–Trinajstić information content (AvgIpc) is 3.25. The summed E-state index contributed by atoms with van der Waals surface area (Å²) in [4.78, 5) is 7.04. The summed E-state index contributed by atoms with van der Waals surface area (Å²) in [6.45, 7) is 7.81. The fourth-order valence-electron chi connectivity index (χ4n) is 3.75. The number of methoxy groups -OCH3 is 1. The fourth-order valence-corrected chi connectivity index (χ4v) is 3.75. The lowest BCUT2D eigenvalue weighted by molar-refractivity contribution is 0.0672. The van der Waals surface area contributed by atoms with Crippen LogP contribution in [0.15, 0.2) is 59.6 Å². The molecule has 2 atom stereocenters. The van der Waals surface area contributed by atoms with Gasteiger partial charge in [0.25, 0.3) is 0 Å². The minimum atomic E-state index is -1.000. The van der Waals surface area contributed by atoms with Crippen molar-refractivity contribution < 1.29 is 9.84 Å². The number of rotatable bonds is 8. The molecule has 1 aliphatic rings. The monoisotopic (exact) mass is 410 g/mol. The van der Waals surface area contributed by atoms with Crippen LogP contribution >= 0.6 is 0 Å². The summed E-state index contributed by atoms with van der Waals surface area (Å²) in [6.07, 6.45) is 1.13. The molecule has 0 spiro atoms. The van der Waals surface area contributed by atoms with Gasteiger partial charge in [-0.3, -0.25) is 0 Å². The minimum absolute atomic E-state index is 0.299. The molecule has 1 heterocycles. The molecule has 162 valence electrons. The van der Waals surface area contributed by atoms with E-state index in [1.54, 1.807) is 14.0 Å². The third-order valence-corrected chi connectivity index (χ3v) is 5.55. The topological polar surface area (TPSA) is 69.1 Å². The van der Waals surface area contributed by atoms with Gasteiger partial charge in [0.2, 0.25) is 0 Å². The lowest BCUT2D eigenvalue weighted by Gasteiger charge is -2.23. The van der Waals surface area contributed by atoms with Gasteiger partial charge in [0.05, 0.1) is 13.7 Å². The first kappa shape index (κ1) is 22.0. The van der Waals surface area contributed by atoms with Gasteiger partial charge in [-0.1, -0.05) is 36.4 Å². The van der Waals surface area contributed by atoms with Crippen molar-refractivity contribution in [3.05, 3.63) is 60.2 Å². The van der Waals surface area contributed by atoms with Crippen molar-refractivity contribution in [2.75, 3.05) is 44.7 Å². The Balaban J connectivity index is 1.55. The van der Waals surface area contributed by atoms with E-state index in [4.69, 9.17) is 4.74 Å². The standard InChI is InChI=1S/C24H34N4O2/c1-4-25-23(27-18-24(2,29)20-9-6-5-7-10-20)26-16-19-13-14-28(17-19)21-11-8-12-22(15-21)30-3/h5-12,15,19,29H,4,13-14,16-18H2,1-3H3,(H2,25,26,27). The quantitative estimate of drug-likeness (QED) is 0.461. The first-order valence-corrected chi connectivity index (χ1v) is 10.7. The number of guanidine groups is 1. The SMILES string of the molecule is CCNC(=NCC(C)(O)c1ccccc1)NCC1CCN(c2cccc(OC)c2)C1. The molecule has 1 fully saturated rings. The van der Waals surface area contributed by atoms with E-state index in [0.29, 0.717) is 12.5 Å². The van der Waals surface area contributed by atoms with Crippen LogP contribution in [-0.4, -0.2) is 50.9 Å². The van der Waals surface area contributed by atoms with Crippen LogP contribution in [0, 0.1) is 5.92 Å². The number of aliphatic imine (C=N–C) groups is 1. The van der Waals surface area contributed by atoms with Crippen molar-refractivity contribution in [2.24, 2.45) is 10.9 Å². The molecule has 1 aliphatic heterocycles. The Kier molecular flexibility index (Phi) is 7.57. The molecule has 0 amide bonds. The lowest BCUT2D eigenvalue weighted by Crippen LogP contribution is -2.41. The molecular formula is C24H34N4O2. The predicted octanol–water partition coefficient (Wildman–Crippen LogP) is 2.98. The molecular weight excluding hydrogens is 376 g/mol. The summed E-state index contributed by atoms with van der Waals surface area (Å²) in [5.41, 5.74) is 1.07. The summed E-state index contributed by atoms with van der Waals surface area (Å²) >= 11 is 0.